The molecule has 0 atom stereocenters. The Kier molecular flexibility index (Phi) is 4.39. The molecule has 1 aliphatic rings. The lowest BCUT2D eigenvalue weighted by molar-refractivity contribution is 0.873. The van der Waals surface area contributed by atoms with Gasteiger partial charge in [-0.1, -0.05) is 24.3 Å². The van der Waals surface area contributed by atoms with Crippen molar-refractivity contribution in [1.29, 1.82) is 0 Å². The zero-order valence-corrected chi connectivity index (χ0v) is 16.8. The maximum atomic E-state index is 4.91. The molecular weight excluding hydrogens is 360 g/mol. The van der Waals surface area contributed by atoms with Gasteiger partial charge in [-0.25, -0.2) is 4.68 Å². The standard InChI is InChI=1S/C23H24N6/c1-16-12-17(2)14-18(13-16)25-21-20-15-24-29(19-8-4-3-5-9-19)22(20)27-23(26-21)28-10-6-7-11-28/h3-5,8-9,12-15H,6-7,10-11H2,1-2H3,(H,25,26,27). The number of fused-ring (bicyclic) bond motifs is 1. The number of nitrogens with zero attached hydrogens (tertiary/aromatic N) is 5. The molecular formula is C23H24N6. The number of para-hydroxylation sites is 1. The highest BCUT2D eigenvalue weighted by molar-refractivity contribution is 5.90. The van der Waals surface area contributed by atoms with Gasteiger partial charge in [0.1, 0.15) is 5.82 Å². The molecule has 0 amide bonds. The van der Waals surface area contributed by atoms with E-state index in [0.717, 1.165) is 47.3 Å². The summed E-state index contributed by atoms with van der Waals surface area (Å²) in [6, 6.07) is 16.6. The van der Waals surface area contributed by atoms with Crippen molar-refractivity contribution in [3.05, 3.63) is 65.9 Å². The summed E-state index contributed by atoms with van der Waals surface area (Å²) in [5.41, 5.74) is 5.28. The highest BCUT2D eigenvalue weighted by atomic mass is 15.3. The fourth-order valence-corrected chi connectivity index (χ4v) is 3.99. The van der Waals surface area contributed by atoms with Crippen molar-refractivity contribution in [3.8, 4) is 5.69 Å². The fraction of sp³-hybridized carbons (Fsp3) is 0.261. The van der Waals surface area contributed by atoms with Crippen LogP contribution in [0, 0.1) is 13.8 Å². The molecule has 6 heteroatoms. The van der Waals surface area contributed by atoms with Crippen LogP contribution in [0.4, 0.5) is 17.5 Å². The Labute approximate surface area is 170 Å². The molecule has 0 saturated carbocycles. The highest BCUT2D eigenvalue weighted by Gasteiger charge is 2.20. The van der Waals surface area contributed by atoms with E-state index in [1.807, 2.05) is 41.2 Å². The molecule has 0 unspecified atom stereocenters. The van der Waals surface area contributed by atoms with Gasteiger partial charge in [0.2, 0.25) is 5.95 Å². The quantitative estimate of drug-likeness (QED) is 0.549. The normalized spacial score (nSPS) is 13.9. The second-order valence-corrected chi connectivity index (χ2v) is 7.70. The SMILES string of the molecule is Cc1cc(C)cc(Nc2nc(N3CCCC3)nc3c2cnn3-c2ccccc2)c1. The van der Waals surface area contributed by atoms with Crippen LogP contribution in [0.3, 0.4) is 0 Å². The molecule has 0 spiro atoms. The third-order valence-electron chi connectivity index (χ3n) is 5.29. The number of benzene rings is 2. The second-order valence-electron chi connectivity index (χ2n) is 7.70. The molecule has 2 aromatic carbocycles. The summed E-state index contributed by atoms with van der Waals surface area (Å²) in [5.74, 6) is 1.56. The summed E-state index contributed by atoms with van der Waals surface area (Å²) in [6.07, 6.45) is 4.21. The first-order valence-electron chi connectivity index (χ1n) is 10.1. The third-order valence-corrected chi connectivity index (χ3v) is 5.29. The van der Waals surface area contributed by atoms with Gasteiger partial charge < -0.3 is 10.2 Å². The average molecular weight is 384 g/mol. The van der Waals surface area contributed by atoms with Crippen LogP contribution in [0.15, 0.2) is 54.7 Å². The maximum Gasteiger partial charge on any atom is 0.229 e. The molecule has 2 aromatic heterocycles. The Morgan fingerprint density at radius 1 is 0.897 bits per heavy atom. The molecule has 0 radical (unpaired) electrons. The molecule has 1 N–H and O–H groups in total. The van der Waals surface area contributed by atoms with E-state index >= 15 is 0 Å². The lowest BCUT2D eigenvalue weighted by Gasteiger charge is -2.17. The van der Waals surface area contributed by atoms with Gasteiger partial charge in [0, 0.05) is 18.8 Å². The summed E-state index contributed by atoms with van der Waals surface area (Å²) in [5, 5.41) is 9.07. The fourth-order valence-electron chi connectivity index (χ4n) is 3.99. The molecule has 3 heterocycles. The molecule has 0 bridgehead atoms. The largest absolute Gasteiger partial charge is 0.341 e. The molecule has 6 nitrogen and oxygen atoms in total. The predicted molar refractivity (Wildman–Crippen MR) is 117 cm³/mol. The van der Waals surface area contributed by atoms with E-state index < -0.39 is 0 Å². The second kappa shape index (κ2) is 7.20. The van der Waals surface area contributed by atoms with Crippen molar-refractivity contribution in [3.63, 3.8) is 0 Å². The van der Waals surface area contributed by atoms with E-state index in [9.17, 15) is 0 Å². The van der Waals surface area contributed by atoms with Crippen LogP contribution < -0.4 is 10.2 Å². The van der Waals surface area contributed by atoms with Gasteiger partial charge >= 0.3 is 0 Å². The lowest BCUT2D eigenvalue weighted by Crippen LogP contribution is -2.21. The van der Waals surface area contributed by atoms with Gasteiger partial charge in [0.15, 0.2) is 5.65 Å². The number of anilines is 3. The third kappa shape index (κ3) is 3.42. The van der Waals surface area contributed by atoms with Gasteiger partial charge in [-0.3, -0.25) is 0 Å². The minimum Gasteiger partial charge on any atom is -0.341 e. The maximum absolute atomic E-state index is 4.91. The Hall–Kier alpha value is -3.41. The molecule has 146 valence electrons. The van der Waals surface area contributed by atoms with E-state index in [1.54, 1.807) is 0 Å². The monoisotopic (exact) mass is 384 g/mol. The topological polar surface area (TPSA) is 58.9 Å². The average Bonchev–Trinajstić information content (AvgIpc) is 3.38. The molecule has 29 heavy (non-hydrogen) atoms. The number of aromatic nitrogens is 4. The number of aryl methyl sites for hydroxylation is 2. The van der Waals surface area contributed by atoms with Crippen LogP contribution in [0.2, 0.25) is 0 Å². The first-order chi connectivity index (χ1) is 14.2. The Bertz CT molecular complexity index is 1140. The van der Waals surface area contributed by atoms with Crippen LogP contribution in [0.5, 0.6) is 0 Å². The molecule has 0 aliphatic carbocycles. The van der Waals surface area contributed by atoms with Gasteiger partial charge in [-0.05, 0) is 62.1 Å². The summed E-state index contributed by atoms with van der Waals surface area (Å²) in [7, 11) is 0. The Balaban J connectivity index is 1.66. The molecule has 4 aromatic rings. The van der Waals surface area contributed by atoms with Crippen molar-refractivity contribution < 1.29 is 0 Å². The van der Waals surface area contributed by atoms with E-state index in [2.05, 4.69) is 47.4 Å². The van der Waals surface area contributed by atoms with Crippen LogP contribution in [0.25, 0.3) is 16.7 Å². The van der Waals surface area contributed by atoms with Gasteiger partial charge in [-0.15, -0.1) is 0 Å². The summed E-state index contributed by atoms with van der Waals surface area (Å²) < 4.78 is 1.89. The van der Waals surface area contributed by atoms with Crippen LogP contribution >= 0.6 is 0 Å². The number of hydrogen-bond acceptors (Lipinski definition) is 5. The first kappa shape index (κ1) is 17.7. The van der Waals surface area contributed by atoms with Crippen molar-refractivity contribution in [1.82, 2.24) is 19.7 Å². The van der Waals surface area contributed by atoms with E-state index in [0.29, 0.717) is 0 Å². The van der Waals surface area contributed by atoms with Crippen molar-refractivity contribution in [2.45, 2.75) is 26.7 Å². The highest BCUT2D eigenvalue weighted by Crippen LogP contribution is 2.29. The lowest BCUT2D eigenvalue weighted by atomic mass is 10.1. The van der Waals surface area contributed by atoms with Crippen molar-refractivity contribution in [2.75, 3.05) is 23.3 Å². The minimum absolute atomic E-state index is 0.763. The zero-order chi connectivity index (χ0) is 19.8. The smallest absolute Gasteiger partial charge is 0.229 e. The predicted octanol–water partition coefficient (Wildman–Crippen LogP) is 4.78. The van der Waals surface area contributed by atoms with Crippen molar-refractivity contribution in [2.24, 2.45) is 0 Å². The number of hydrogen-bond donors (Lipinski definition) is 1. The summed E-state index contributed by atoms with van der Waals surface area (Å²) in [6.45, 7) is 6.20. The molecule has 1 aliphatic heterocycles. The van der Waals surface area contributed by atoms with Gasteiger partial charge in [-0.2, -0.15) is 15.1 Å². The first-order valence-corrected chi connectivity index (χ1v) is 10.1. The summed E-state index contributed by atoms with van der Waals surface area (Å²) in [4.78, 5) is 12.1. The van der Waals surface area contributed by atoms with E-state index in [-0.39, 0.29) is 0 Å². The minimum atomic E-state index is 0.763. The molecule has 1 fully saturated rings. The van der Waals surface area contributed by atoms with E-state index in [4.69, 9.17) is 9.97 Å². The van der Waals surface area contributed by atoms with Crippen LogP contribution in [0.1, 0.15) is 24.0 Å². The Morgan fingerprint density at radius 2 is 1.62 bits per heavy atom. The molecule has 1 saturated heterocycles. The van der Waals surface area contributed by atoms with E-state index in [1.165, 1.54) is 24.0 Å². The number of rotatable bonds is 4. The van der Waals surface area contributed by atoms with Gasteiger partial charge in [0.25, 0.3) is 0 Å². The van der Waals surface area contributed by atoms with Crippen LogP contribution in [-0.4, -0.2) is 32.8 Å². The number of nitrogens with one attached hydrogen (secondary N) is 1. The van der Waals surface area contributed by atoms with Crippen LogP contribution in [-0.2, 0) is 0 Å². The van der Waals surface area contributed by atoms with Crippen molar-refractivity contribution >= 4 is 28.5 Å². The van der Waals surface area contributed by atoms with Gasteiger partial charge in [0.05, 0.1) is 17.3 Å². The Morgan fingerprint density at radius 3 is 2.34 bits per heavy atom. The molecule has 5 rings (SSSR count). The summed E-state index contributed by atoms with van der Waals surface area (Å²) >= 11 is 0. The zero-order valence-electron chi connectivity index (χ0n) is 16.8.